The van der Waals surface area contributed by atoms with Crippen LogP contribution in [0.3, 0.4) is 0 Å². The van der Waals surface area contributed by atoms with Gasteiger partial charge >= 0.3 is 11.9 Å². The van der Waals surface area contributed by atoms with E-state index < -0.39 is 12.3 Å². The molecular formula is C21H38O5. The Bertz CT molecular complexity index is 388. The van der Waals surface area contributed by atoms with E-state index in [4.69, 9.17) is 9.84 Å². The zero-order valence-electron chi connectivity index (χ0n) is 16.9. The van der Waals surface area contributed by atoms with E-state index in [-0.39, 0.29) is 11.5 Å². The maximum atomic E-state index is 10.7. The maximum Gasteiger partial charge on any atom is 0.335 e. The molecule has 0 bridgehead atoms. The fourth-order valence-corrected chi connectivity index (χ4v) is 2.08. The van der Waals surface area contributed by atoms with Crippen LogP contribution in [0.1, 0.15) is 85.0 Å². The molecule has 0 aliphatic carbocycles. The number of ether oxygens (including phenoxy) is 2. The average Bonchev–Trinajstić information content (AvgIpc) is 2.59. The summed E-state index contributed by atoms with van der Waals surface area (Å²) in [5.74, 6) is -0.870. The normalized spacial score (nSPS) is 10.9. The second-order valence-corrected chi connectivity index (χ2v) is 6.34. The number of carbonyl (C=O) groups excluding carboxylic acids is 2. The smallest absolute Gasteiger partial charge is 0.335 e. The quantitative estimate of drug-likeness (QED) is 0.200. The molecular weight excluding hydrogens is 332 g/mol. The maximum absolute atomic E-state index is 10.7. The first-order valence-corrected chi connectivity index (χ1v) is 9.68. The second-order valence-electron chi connectivity index (χ2n) is 6.34. The van der Waals surface area contributed by atoms with Crippen molar-refractivity contribution in [3.63, 3.8) is 0 Å². The Morgan fingerprint density at radius 3 is 1.81 bits per heavy atom. The van der Waals surface area contributed by atoms with Gasteiger partial charge in [-0.2, -0.15) is 0 Å². The van der Waals surface area contributed by atoms with Crippen molar-refractivity contribution in [1.29, 1.82) is 0 Å². The summed E-state index contributed by atoms with van der Waals surface area (Å²) < 4.78 is 9.23. The van der Waals surface area contributed by atoms with Gasteiger partial charge in [0.05, 0.1) is 6.61 Å². The van der Waals surface area contributed by atoms with Crippen LogP contribution in [0, 0.1) is 0 Å². The van der Waals surface area contributed by atoms with Crippen LogP contribution in [0.4, 0.5) is 0 Å². The third kappa shape index (κ3) is 22.4. The number of esters is 2. The molecule has 1 unspecified atom stereocenters. The van der Waals surface area contributed by atoms with E-state index in [1.807, 2.05) is 0 Å². The van der Waals surface area contributed by atoms with Crippen LogP contribution < -0.4 is 0 Å². The molecule has 1 atom stereocenters. The summed E-state index contributed by atoms with van der Waals surface area (Å²) in [6.45, 7) is 12.4. The van der Waals surface area contributed by atoms with Gasteiger partial charge in [0, 0.05) is 11.6 Å². The second kappa shape index (κ2) is 19.7. The molecule has 0 aromatic carbocycles. The molecule has 0 spiro atoms. The van der Waals surface area contributed by atoms with Gasteiger partial charge in [-0.25, -0.2) is 9.59 Å². The molecule has 0 rings (SSSR count). The molecule has 152 valence electrons. The molecule has 5 heteroatoms. The number of rotatable bonds is 14. The highest BCUT2D eigenvalue weighted by molar-refractivity contribution is 5.86. The average molecular weight is 371 g/mol. The van der Waals surface area contributed by atoms with Crippen molar-refractivity contribution in [1.82, 2.24) is 0 Å². The largest absolute Gasteiger partial charge is 0.463 e. The van der Waals surface area contributed by atoms with Gasteiger partial charge < -0.3 is 14.6 Å². The first kappa shape index (κ1) is 26.6. The number of hydrogen-bond donors (Lipinski definition) is 1. The minimum atomic E-state index is -1.05. The van der Waals surface area contributed by atoms with Crippen molar-refractivity contribution in [2.75, 3.05) is 6.61 Å². The van der Waals surface area contributed by atoms with E-state index in [1.54, 1.807) is 0 Å². The van der Waals surface area contributed by atoms with Crippen LogP contribution in [-0.2, 0) is 19.1 Å². The lowest BCUT2D eigenvalue weighted by Gasteiger charge is -2.04. The van der Waals surface area contributed by atoms with Gasteiger partial charge in [-0.15, -0.1) is 0 Å². The number of unbranched alkanes of at least 4 members (excludes halogenated alkanes) is 9. The molecule has 0 aliphatic heterocycles. The van der Waals surface area contributed by atoms with Crippen molar-refractivity contribution in [3.8, 4) is 0 Å². The lowest BCUT2D eigenvalue weighted by atomic mass is 10.1. The molecule has 0 amide bonds. The van der Waals surface area contributed by atoms with E-state index >= 15 is 0 Å². The zero-order chi connectivity index (χ0) is 20.2. The van der Waals surface area contributed by atoms with E-state index in [0.717, 1.165) is 6.42 Å². The Balaban J connectivity index is 0. The van der Waals surface area contributed by atoms with Crippen LogP contribution in [0.5, 0.6) is 0 Å². The summed E-state index contributed by atoms with van der Waals surface area (Å²) in [6, 6.07) is 0. The molecule has 0 fully saturated rings. The molecule has 5 nitrogen and oxygen atoms in total. The molecule has 0 aromatic rings. The fourth-order valence-electron chi connectivity index (χ4n) is 2.08. The predicted octanol–water partition coefficient (Wildman–Crippen LogP) is 5.08. The van der Waals surface area contributed by atoms with Crippen molar-refractivity contribution >= 4 is 11.9 Å². The van der Waals surface area contributed by atoms with Gasteiger partial charge in [0.25, 0.3) is 0 Å². The molecule has 0 aliphatic rings. The number of hydrogen-bond acceptors (Lipinski definition) is 5. The number of aliphatic hydroxyl groups is 1. The molecule has 1 N–H and O–H groups in total. The summed E-state index contributed by atoms with van der Waals surface area (Å²) in [4.78, 5) is 21.2. The minimum absolute atomic E-state index is 0.288. The minimum Gasteiger partial charge on any atom is -0.463 e. The summed E-state index contributed by atoms with van der Waals surface area (Å²) in [6.07, 6.45) is 13.1. The number of carbonyl (C=O) groups is 2. The van der Waals surface area contributed by atoms with E-state index in [2.05, 4.69) is 24.8 Å². The first-order valence-electron chi connectivity index (χ1n) is 9.68. The highest BCUT2D eigenvalue weighted by atomic mass is 16.6. The molecule has 0 aromatic heterocycles. The molecule has 0 saturated heterocycles. The van der Waals surface area contributed by atoms with Gasteiger partial charge in [-0.1, -0.05) is 77.9 Å². The predicted molar refractivity (Wildman–Crippen MR) is 106 cm³/mol. The van der Waals surface area contributed by atoms with E-state index in [1.165, 1.54) is 77.7 Å². The Morgan fingerprint density at radius 1 is 1.00 bits per heavy atom. The lowest BCUT2D eigenvalue weighted by Crippen LogP contribution is -2.13. The summed E-state index contributed by atoms with van der Waals surface area (Å²) in [7, 11) is 0. The van der Waals surface area contributed by atoms with Crippen LogP contribution in [0.25, 0.3) is 0 Å². The van der Waals surface area contributed by atoms with Gasteiger partial charge in [-0.3, -0.25) is 0 Å². The number of aliphatic hydroxyl groups excluding tert-OH is 1. The summed E-state index contributed by atoms with van der Waals surface area (Å²) >= 11 is 0. The molecule has 0 saturated carbocycles. The standard InChI is InChI=1S/C15H28O2.C6H10O3/c1-3-5-6-7-8-9-10-11-12-13-14-17-15(16)4-2;1-4(2)6(8)9-5(3)7/h4H,2-3,5-14H2,1H3;5,7H,1H2,2-3H3. The molecule has 0 radical (unpaired) electrons. The van der Waals surface area contributed by atoms with Crippen LogP contribution in [0.15, 0.2) is 24.8 Å². The highest BCUT2D eigenvalue weighted by Gasteiger charge is 2.04. The Hall–Kier alpha value is -1.62. The fraction of sp³-hybridized carbons (Fsp3) is 0.714. The van der Waals surface area contributed by atoms with Crippen molar-refractivity contribution in [3.05, 3.63) is 24.8 Å². The van der Waals surface area contributed by atoms with Crippen LogP contribution >= 0.6 is 0 Å². The SMILES string of the molecule is C=C(C)C(=O)OC(C)O.C=CC(=O)OCCCCCCCCCCCC. The Labute approximate surface area is 159 Å². The van der Waals surface area contributed by atoms with Crippen molar-refractivity contribution < 1.29 is 24.2 Å². The van der Waals surface area contributed by atoms with Gasteiger partial charge in [0.15, 0.2) is 6.29 Å². The van der Waals surface area contributed by atoms with Crippen molar-refractivity contribution in [2.45, 2.75) is 91.3 Å². The van der Waals surface area contributed by atoms with Crippen molar-refractivity contribution in [2.24, 2.45) is 0 Å². The first-order chi connectivity index (χ1) is 12.3. The van der Waals surface area contributed by atoms with Gasteiger partial charge in [0.1, 0.15) is 0 Å². The Morgan fingerprint density at radius 2 is 1.46 bits per heavy atom. The molecule has 26 heavy (non-hydrogen) atoms. The van der Waals surface area contributed by atoms with Gasteiger partial charge in [0.2, 0.25) is 0 Å². The summed E-state index contributed by atoms with van der Waals surface area (Å²) in [5, 5.41) is 8.49. The third-order valence-corrected chi connectivity index (χ3v) is 3.53. The molecule has 0 heterocycles. The zero-order valence-corrected chi connectivity index (χ0v) is 16.9. The Kier molecular flexibility index (Phi) is 20.2. The topological polar surface area (TPSA) is 72.8 Å². The lowest BCUT2D eigenvalue weighted by molar-refractivity contribution is -0.159. The van der Waals surface area contributed by atoms with E-state index in [0.29, 0.717) is 6.61 Å². The summed E-state index contributed by atoms with van der Waals surface area (Å²) in [5.41, 5.74) is 0.288. The van der Waals surface area contributed by atoms with Gasteiger partial charge in [-0.05, 0) is 20.3 Å². The van der Waals surface area contributed by atoms with Crippen LogP contribution in [0.2, 0.25) is 0 Å². The van der Waals surface area contributed by atoms with Crippen LogP contribution in [-0.4, -0.2) is 29.9 Å². The monoisotopic (exact) mass is 370 g/mol. The van der Waals surface area contributed by atoms with E-state index in [9.17, 15) is 9.59 Å². The highest BCUT2D eigenvalue weighted by Crippen LogP contribution is 2.10. The third-order valence-electron chi connectivity index (χ3n) is 3.53.